The third kappa shape index (κ3) is 2.67. The number of carbonyl (C=O) groups is 1. The third-order valence-corrected chi connectivity index (χ3v) is 1.90. The van der Waals surface area contributed by atoms with Gasteiger partial charge in [-0.3, -0.25) is 4.79 Å². The van der Waals surface area contributed by atoms with E-state index in [-0.39, 0.29) is 17.2 Å². The Kier molecular flexibility index (Phi) is 3.20. The van der Waals surface area contributed by atoms with Crippen LogP contribution in [0.5, 0.6) is 0 Å². The molecule has 0 unspecified atom stereocenters. The van der Waals surface area contributed by atoms with Crippen molar-refractivity contribution in [2.45, 2.75) is 6.42 Å². The number of allylic oxidation sites excluding steroid dienone is 1. The highest BCUT2D eigenvalue weighted by atomic mass is 35.5. The predicted molar refractivity (Wildman–Crippen MR) is 50.3 cm³/mol. The molecule has 0 heterocycles. The van der Waals surface area contributed by atoms with Crippen molar-refractivity contribution >= 4 is 17.4 Å². The molecule has 0 bridgehead atoms. The summed E-state index contributed by atoms with van der Waals surface area (Å²) in [4.78, 5) is 10.9. The van der Waals surface area contributed by atoms with Gasteiger partial charge in [-0.15, -0.1) is 0 Å². The van der Waals surface area contributed by atoms with Crippen molar-refractivity contribution in [2.24, 2.45) is 0 Å². The summed E-state index contributed by atoms with van der Waals surface area (Å²) in [5.41, 5.74) is 0.604. The molecule has 0 spiro atoms. The van der Waals surface area contributed by atoms with Crippen LogP contribution < -0.4 is 0 Å². The minimum atomic E-state index is -0.504. The van der Waals surface area contributed by atoms with E-state index in [0.29, 0.717) is 5.56 Å². The molecule has 1 rings (SSSR count). The van der Waals surface area contributed by atoms with Crippen molar-refractivity contribution < 1.29 is 9.18 Å². The number of ketones is 1. The van der Waals surface area contributed by atoms with Crippen LogP contribution in [0.1, 0.15) is 5.56 Å². The molecular weight excluding hydrogens is 191 g/mol. The second kappa shape index (κ2) is 4.19. The molecule has 1 aromatic rings. The quantitative estimate of drug-likeness (QED) is 0.683. The van der Waals surface area contributed by atoms with Crippen LogP contribution in [0.25, 0.3) is 0 Å². The van der Waals surface area contributed by atoms with Crippen LogP contribution in [-0.2, 0) is 11.2 Å². The van der Waals surface area contributed by atoms with Gasteiger partial charge in [-0.05, 0) is 23.8 Å². The summed E-state index contributed by atoms with van der Waals surface area (Å²) in [6, 6.07) is 4.30. The van der Waals surface area contributed by atoms with Gasteiger partial charge in [0.15, 0.2) is 5.78 Å². The molecule has 0 amide bonds. The highest BCUT2D eigenvalue weighted by Crippen LogP contribution is 2.15. The topological polar surface area (TPSA) is 17.1 Å². The Hall–Kier alpha value is -1.15. The maximum atomic E-state index is 12.9. The van der Waals surface area contributed by atoms with E-state index >= 15 is 0 Å². The van der Waals surface area contributed by atoms with Crippen molar-refractivity contribution in [1.29, 1.82) is 0 Å². The number of carbonyl (C=O) groups excluding carboxylic acids is 1. The summed E-state index contributed by atoms with van der Waals surface area (Å²) in [6.45, 7) is 3.33. The van der Waals surface area contributed by atoms with Crippen LogP contribution in [0.15, 0.2) is 30.9 Å². The lowest BCUT2D eigenvalue weighted by Gasteiger charge is -1.98. The lowest BCUT2D eigenvalue weighted by atomic mass is 10.1. The fourth-order valence-electron chi connectivity index (χ4n) is 0.923. The fourth-order valence-corrected chi connectivity index (χ4v) is 1.04. The van der Waals surface area contributed by atoms with Crippen molar-refractivity contribution in [3.05, 3.63) is 47.3 Å². The summed E-state index contributed by atoms with van der Waals surface area (Å²) >= 11 is 5.47. The van der Waals surface area contributed by atoms with E-state index in [9.17, 15) is 9.18 Å². The maximum absolute atomic E-state index is 12.9. The third-order valence-electron chi connectivity index (χ3n) is 1.59. The van der Waals surface area contributed by atoms with Gasteiger partial charge in [-0.2, -0.15) is 0 Å². The Morgan fingerprint density at radius 3 is 2.85 bits per heavy atom. The van der Waals surface area contributed by atoms with Crippen LogP contribution in [0, 0.1) is 5.82 Å². The molecule has 1 nitrogen and oxygen atoms in total. The van der Waals surface area contributed by atoms with Gasteiger partial charge in [0, 0.05) is 6.42 Å². The van der Waals surface area contributed by atoms with Crippen LogP contribution in [0.4, 0.5) is 4.39 Å². The van der Waals surface area contributed by atoms with Crippen LogP contribution in [0.3, 0.4) is 0 Å². The highest BCUT2D eigenvalue weighted by Gasteiger charge is 2.03. The summed E-state index contributed by atoms with van der Waals surface area (Å²) < 4.78 is 12.9. The Morgan fingerprint density at radius 2 is 2.31 bits per heavy atom. The molecule has 0 aliphatic rings. The minimum absolute atomic E-state index is 0.0646. The first-order valence-electron chi connectivity index (χ1n) is 3.72. The first kappa shape index (κ1) is 9.93. The van der Waals surface area contributed by atoms with Crippen molar-refractivity contribution in [3.8, 4) is 0 Å². The molecule has 0 saturated heterocycles. The van der Waals surface area contributed by atoms with Gasteiger partial charge in [0.25, 0.3) is 0 Å². The molecule has 0 radical (unpaired) electrons. The average molecular weight is 199 g/mol. The molecule has 3 heteroatoms. The summed E-state index contributed by atoms with van der Waals surface area (Å²) in [7, 11) is 0. The van der Waals surface area contributed by atoms with Gasteiger partial charge >= 0.3 is 0 Å². The first-order chi connectivity index (χ1) is 6.13. The van der Waals surface area contributed by atoms with E-state index in [1.807, 2.05) is 0 Å². The van der Waals surface area contributed by atoms with Crippen molar-refractivity contribution in [2.75, 3.05) is 0 Å². The number of hydrogen-bond acceptors (Lipinski definition) is 1. The molecule has 13 heavy (non-hydrogen) atoms. The highest BCUT2D eigenvalue weighted by molar-refractivity contribution is 6.30. The molecule has 0 N–H and O–H groups in total. The van der Waals surface area contributed by atoms with E-state index in [2.05, 4.69) is 6.58 Å². The van der Waals surface area contributed by atoms with E-state index < -0.39 is 5.82 Å². The van der Waals surface area contributed by atoms with Crippen LogP contribution >= 0.6 is 11.6 Å². The zero-order valence-electron chi connectivity index (χ0n) is 6.89. The Balaban J connectivity index is 2.85. The molecule has 0 aliphatic heterocycles. The number of benzene rings is 1. The normalized spacial score (nSPS) is 9.69. The Labute approximate surface area is 80.8 Å². The minimum Gasteiger partial charge on any atom is -0.295 e. The molecule has 0 atom stereocenters. The van der Waals surface area contributed by atoms with Crippen molar-refractivity contribution in [3.63, 3.8) is 0 Å². The van der Waals surface area contributed by atoms with E-state index in [1.165, 1.54) is 18.2 Å². The monoisotopic (exact) mass is 198 g/mol. The van der Waals surface area contributed by atoms with Gasteiger partial charge in [0.2, 0.25) is 0 Å². The van der Waals surface area contributed by atoms with E-state index in [1.54, 1.807) is 6.07 Å². The number of rotatable bonds is 3. The second-order valence-corrected chi connectivity index (χ2v) is 3.00. The molecule has 0 aromatic heterocycles. The predicted octanol–water partition coefficient (Wildman–Crippen LogP) is 2.78. The molecular formula is C10H8ClFO. The van der Waals surface area contributed by atoms with Gasteiger partial charge in [-0.1, -0.05) is 24.2 Å². The summed E-state index contributed by atoms with van der Waals surface area (Å²) in [6.07, 6.45) is 1.38. The molecule has 0 fully saturated rings. The van der Waals surface area contributed by atoms with Gasteiger partial charge in [0.05, 0.1) is 5.02 Å². The first-order valence-corrected chi connectivity index (χ1v) is 4.10. The van der Waals surface area contributed by atoms with E-state index in [4.69, 9.17) is 11.6 Å². The van der Waals surface area contributed by atoms with Gasteiger partial charge in [0.1, 0.15) is 5.82 Å². The smallest absolute Gasteiger partial charge is 0.159 e. The van der Waals surface area contributed by atoms with Gasteiger partial charge < -0.3 is 0 Å². The standard InChI is InChI=1S/C10H8ClFO/c1-2-8(13)5-7-3-4-9(11)10(12)6-7/h2-4,6H,1,5H2. The lowest BCUT2D eigenvalue weighted by molar-refractivity contribution is -0.114. The average Bonchev–Trinajstić information content (AvgIpc) is 2.11. The zero-order chi connectivity index (χ0) is 9.84. The summed E-state index contributed by atoms with van der Waals surface area (Å²) in [5.74, 6) is -0.641. The second-order valence-electron chi connectivity index (χ2n) is 2.60. The maximum Gasteiger partial charge on any atom is 0.159 e. The Morgan fingerprint density at radius 1 is 1.62 bits per heavy atom. The fraction of sp³-hybridized carbons (Fsp3) is 0.100. The molecule has 1 aromatic carbocycles. The SMILES string of the molecule is C=CC(=O)Cc1ccc(Cl)c(F)c1. The largest absolute Gasteiger partial charge is 0.295 e. The molecule has 0 aliphatic carbocycles. The van der Waals surface area contributed by atoms with E-state index in [0.717, 1.165) is 0 Å². The molecule has 0 saturated carbocycles. The Bertz CT molecular complexity index is 347. The van der Waals surface area contributed by atoms with Gasteiger partial charge in [-0.25, -0.2) is 4.39 Å². The summed E-state index contributed by atoms with van der Waals surface area (Å²) in [5, 5.41) is 0.0646. The molecule has 68 valence electrons. The lowest BCUT2D eigenvalue weighted by Crippen LogP contribution is -1.98. The number of hydrogen-bond donors (Lipinski definition) is 0. The van der Waals surface area contributed by atoms with Crippen molar-refractivity contribution in [1.82, 2.24) is 0 Å². The van der Waals surface area contributed by atoms with Crippen LogP contribution in [0.2, 0.25) is 5.02 Å². The zero-order valence-corrected chi connectivity index (χ0v) is 7.64. The van der Waals surface area contributed by atoms with Crippen LogP contribution in [-0.4, -0.2) is 5.78 Å². The number of halogens is 2.